The Morgan fingerprint density at radius 1 is 0.939 bits per heavy atom. The van der Waals surface area contributed by atoms with Gasteiger partial charge < -0.3 is 20.1 Å². The Labute approximate surface area is 199 Å². The third kappa shape index (κ3) is 7.43. The number of guanidine groups is 1. The van der Waals surface area contributed by atoms with Crippen molar-refractivity contribution in [2.75, 3.05) is 31.4 Å². The third-order valence-electron chi connectivity index (χ3n) is 4.61. The van der Waals surface area contributed by atoms with Crippen molar-refractivity contribution in [1.82, 2.24) is 15.3 Å². The van der Waals surface area contributed by atoms with Crippen molar-refractivity contribution < 1.29 is 9.47 Å². The van der Waals surface area contributed by atoms with E-state index < -0.39 is 0 Å². The van der Waals surface area contributed by atoms with Crippen LogP contribution in [0.1, 0.15) is 17.0 Å². The molecule has 1 heterocycles. The van der Waals surface area contributed by atoms with Gasteiger partial charge in [0.1, 0.15) is 11.5 Å². The van der Waals surface area contributed by atoms with Crippen LogP contribution in [0.15, 0.2) is 59.6 Å². The molecule has 0 aliphatic heterocycles. The number of rotatable bonds is 7. The first-order valence-corrected chi connectivity index (χ1v) is 10.9. The molecule has 3 aromatic rings. The molecule has 0 radical (unpaired) electrons. The third-order valence-corrected chi connectivity index (χ3v) is 4.82. The number of nitrogens with one attached hydrogen (secondary N) is 3. The second kappa shape index (κ2) is 11.8. The number of hydrogen-bond acceptors (Lipinski definition) is 6. The van der Waals surface area contributed by atoms with Gasteiger partial charge in [-0.1, -0.05) is 30.3 Å². The molecule has 172 valence electrons. The normalized spacial score (nSPS) is 11.0. The maximum atomic E-state index is 5.53. The van der Waals surface area contributed by atoms with E-state index in [0.29, 0.717) is 40.8 Å². The quantitative estimate of drug-likeness (QED) is 0.273. The molecule has 0 aliphatic carbocycles. The second-order valence-corrected chi connectivity index (χ2v) is 7.62. The molecule has 0 spiro atoms. The summed E-state index contributed by atoms with van der Waals surface area (Å²) in [5.41, 5.74) is 3.58. The van der Waals surface area contributed by atoms with E-state index in [0.717, 1.165) is 17.8 Å². The fourth-order valence-electron chi connectivity index (χ4n) is 3.11. The molecule has 2 aromatic carbocycles. The van der Waals surface area contributed by atoms with Crippen LogP contribution in [0.25, 0.3) is 0 Å². The van der Waals surface area contributed by atoms with E-state index in [1.165, 1.54) is 5.56 Å². The zero-order valence-corrected chi connectivity index (χ0v) is 20.0. The van der Waals surface area contributed by atoms with Crippen molar-refractivity contribution in [3.8, 4) is 11.5 Å². The summed E-state index contributed by atoms with van der Waals surface area (Å²) in [5, 5.41) is 9.73. The van der Waals surface area contributed by atoms with E-state index in [-0.39, 0.29) is 0 Å². The smallest absolute Gasteiger partial charge is 0.229 e. The summed E-state index contributed by atoms with van der Waals surface area (Å²) in [5.74, 6) is 2.20. The van der Waals surface area contributed by atoms with Gasteiger partial charge >= 0.3 is 0 Å². The molecular formula is C24H28N6O2S. The number of anilines is 2. The minimum absolute atomic E-state index is 0.330. The number of nitrogens with zero attached hydrogens (tertiary/aromatic N) is 3. The summed E-state index contributed by atoms with van der Waals surface area (Å²) in [6, 6.07) is 17.5. The summed E-state index contributed by atoms with van der Waals surface area (Å²) in [4.78, 5) is 13.5. The van der Waals surface area contributed by atoms with E-state index in [4.69, 9.17) is 21.7 Å². The molecule has 8 nitrogen and oxygen atoms in total. The predicted molar refractivity (Wildman–Crippen MR) is 136 cm³/mol. The van der Waals surface area contributed by atoms with E-state index in [2.05, 4.69) is 43.0 Å². The largest absolute Gasteiger partial charge is 0.497 e. The first-order valence-electron chi connectivity index (χ1n) is 10.4. The number of methoxy groups -OCH3 is 2. The van der Waals surface area contributed by atoms with E-state index in [9.17, 15) is 0 Å². The summed E-state index contributed by atoms with van der Waals surface area (Å²) in [7, 11) is 3.20. The number of aliphatic imine (C=N–C) groups is 1. The molecule has 0 bridgehead atoms. The second-order valence-electron chi connectivity index (χ2n) is 7.21. The molecule has 1 aromatic heterocycles. The van der Waals surface area contributed by atoms with Crippen LogP contribution in [0.3, 0.4) is 0 Å². The number of thiocarbonyl (C=S) groups is 1. The topological polar surface area (TPSA) is 92.7 Å². The van der Waals surface area contributed by atoms with E-state index >= 15 is 0 Å². The van der Waals surface area contributed by atoms with Crippen molar-refractivity contribution in [2.45, 2.75) is 20.3 Å². The molecule has 0 fully saturated rings. The van der Waals surface area contributed by atoms with Gasteiger partial charge in [-0.05, 0) is 56.2 Å². The lowest BCUT2D eigenvalue weighted by atomic mass is 10.2. The number of aryl methyl sites for hydroxylation is 2. The standard InChI is InChI=1S/C24H28N6O2S/c1-16-14-17(2)27-23(26-16)29-22(25-13-12-18-8-6-5-7-9-18)30-24(33)28-20-15-19(31-3)10-11-21(20)32-4/h5-11,14-15H,12-13H2,1-4H3,(H3,25,26,27,28,29,30,33). The van der Waals surface area contributed by atoms with E-state index in [1.807, 2.05) is 44.2 Å². The van der Waals surface area contributed by atoms with Gasteiger partial charge in [-0.3, -0.25) is 10.3 Å². The highest BCUT2D eigenvalue weighted by atomic mass is 32.1. The Balaban J connectivity index is 1.76. The van der Waals surface area contributed by atoms with Gasteiger partial charge in [-0.25, -0.2) is 9.97 Å². The molecule has 0 amide bonds. The van der Waals surface area contributed by atoms with E-state index in [1.54, 1.807) is 26.4 Å². The molecule has 9 heteroatoms. The number of ether oxygens (including phenoxy) is 2. The average molecular weight is 465 g/mol. The monoisotopic (exact) mass is 464 g/mol. The molecule has 0 aliphatic rings. The number of aromatic nitrogens is 2. The van der Waals surface area contributed by atoms with Crippen molar-refractivity contribution >= 4 is 34.9 Å². The number of hydrogen-bond donors (Lipinski definition) is 3. The Morgan fingerprint density at radius 3 is 2.33 bits per heavy atom. The molecule has 0 saturated carbocycles. The Morgan fingerprint density at radius 2 is 1.67 bits per heavy atom. The molecular weight excluding hydrogens is 436 g/mol. The lowest BCUT2D eigenvalue weighted by molar-refractivity contribution is 0.405. The van der Waals surface area contributed by atoms with Crippen LogP contribution < -0.4 is 25.4 Å². The van der Waals surface area contributed by atoms with Gasteiger partial charge in [0.2, 0.25) is 11.9 Å². The minimum atomic E-state index is 0.330. The summed E-state index contributed by atoms with van der Waals surface area (Å²) < 4.78 is 10.7. The fraction of sp³-hybridized carbons (Fsp3) is 0.250. The number of benzene rings is 2. The van der Waals surface area contributed by atoms with Gasteiger partial charge in [-0.2, -0.15) is 0 Å². The molecule has 3 rings (SSSR count). The van der Waals surface area contributed by atoms with Gasteiger partial charge in [0.15, 0.2) is 5.11 Å². The summed E-state index contributed by atoms with van der Waals surface area (Å²) in [6.45, 7) is 4.39. The molecule has 0 atom stereocenters. The maximum Gasteiger partial charge on any atom is 0.229 e. The highest BCUT2D eigenvalue weighted by Crippen LogP contribution is 2.28. The zero-order chi connectivity index (χ0) is 23.6. The van der Waals surface area contributed by atoms with Crippen LogP contribution >= 0.6 is 12.2 Å². The first kappa shape index (κ1) is 23.9. The maximum absolute atomic E-state index is 5.53. The predicted octanol–water partition coefficient (Wildman–Crippen LogP) is 4.11. The first-order chi connectivity index (χ1) is 16.0. The lowest BCUT2D eigenvalue weighted by Crippen LogP contribution is -2.39. The highest BCUT2D eigenvalue weighted by Gasteiger charge is 2.10. The molecule has 0 unspecified atom stereocenters. The summed E-state index contributed by atoms with van der Waals surface area (Å²) in [6.07, 6.45) is 0.783. The Kier molecular flexibility index (Phi) is 8.54. The average Bonchev–Trinajstić information content (AvgIpc) is 2.79. The van der Waals surface area contributed by atoms with Gasteiger partial charge in [0.25, 0.3) is 0 Å². The van der Waals surface area contributed by atoms with Crippen molar-refractivity contribution in [1.29, 1.82) is 0 Å². The van der Waals surface area contributed by atoms with Crippen LogP contribution in [-0.4, -0.2) is 41.8 Å². The van der Waals surface area contributed by atoms with Gasteiger partial charge in [-0.15, -0.1) is 0 Å². The fourth-order valence-corrected chi connectivity index (χ4v) is 3.32. The van der Waals surface area contributed by atoms with Crippen LogP contribution in [0.5, 0.6) is 11.5 Å². The van der Waals surface area contributed by atoms with Crippen LogP contribution in [0.2, 0.25) is 0 Å². The minimum Gasteiger partial charge on any atom is -0.497 e. The molecule has 33 heavy (non-hydrogen) atoms. The van der Waals surface area contributed by atoms with Gasteiger partial charge in [0.05, 0.1) is 19.9 Å². The van der Waals surface area contributed by atoms with Crippen molar-refractivity contribution in [3.63, 3.8) is 0 Å². The Hall–Kier alpha value is -3.72. The van der Waals surface area contributed by atoms with Crippen LogP contribution in [0, 0.1) is 13.8 Å². The SMILES string of the molecule is COc1ccc(OC)c(NC(=S)NC(=NCCc2ccccc2)Nc2nc(C)cc(C)n2)c1. The van der Waals surface area contributed by atoms with Crippen LogP contribution in [-0.2, 0) is 6.42 Å². The summed E-state index contributed by atoms with van der Waals surface area (Å²) >= 11 is 5.53. The van der Waals surface area contributed by atoms with Crippen molar-refractivity contribution in [3.05, 3.63) is 71.5 Å². The zero-order valence-electron chi connectivity index (χ0n) is 19.2. The molecule has 0 saturated heterocycles. The molecule has 3 N–H and O–H groups in total. The van der Waals surface area contributed by atoms with Crippen molar-refractivity contribution in [2.24, 2.45) is 4.99 Å². The lowest BCUT2D eigenvalue weighted by Gasteiger charge is -2.16. The van der Waals surface area contributed by atoms with Gasteiger partial charge in [0, 0.05) is 24.0 Å². The Bertz CT molecular complexity index is 1100. The highest BCUT2D eigenvalue weighted by molar-refractivity contribution is 7.80. The van der Waals surface area contributed by atoms with Crippen LogP contribution in [0.4, 0.5) is 11.6 Å².